The lowest BCUT2D eigenvalue weighted by atomic mass is 10.2. The van der Waals surface area contributed by atoms with E-state index in [2.05, 4.69) is 5.32 Å². The number of amides is 2. The van der Waals surface area contributed by atoms with Gasteiger partial charge in [0.1, 0.15) is 11.8 Å². The van der Waals surface area contributed by atoms with Crippen LogP contribution in [0.25, 0.3) is 0 Å². The number of carbonyl (C=O) groups is 3. The molecule has 1 N–H and O–H groups in total. The topological polar surface area (TPSA) is 84.9 Å². The van der Waals surface area contributed by atoms with Crippen molar-refractivity contribution in [1.29, 1.82) is 0 Å². The summed E-state index contributed by atoms with van der Waals surface area (Å²) in [4.78, 5) is 37.8. The summed E-state index contributed by atoms with van der Waals surface area (Å²) in [5, 5.41) is 3.52. The molecule has 26 heavy (non-hydrogen) atoms. The lowest BCUT2D eigenvalue weighted by Gasteiger charge is -2.24. The minimum Gasteiger partial charge on any atom is -0.495 e. The third-order valence-electron chi connectivity index (χ3n) is 3.56. The zero-order valence-electron chi connectivity index (χ0n) is 14.6. The molecular weight excluding hydrogens is 380 g/mol. The van der Waals surface area contributed by atoms with E-state index in [1.807, 2.05) is 0 Å². The maximum absolute atomic E-state index is 12.6. The van der Waals surface area contributed by atoms with E-state index in [9.17, 15) is 14.4 Å². The first-order chi connectivity index (χ1) is 12.4. The second kappa shape index (κ2) is 8.95. The van der Waals surface area contributed by atoms with Gasteiger partial charge in [0, 0.05) is 5.02 Å². The molecule has 0 saturated carbocycles. The molecule has 0 unspecified atom stereocenters. The molecular formula is C17H19ClN2O5S. The number of anilines is 1. The van der Waals surface area contributed by atoms with Crippen LogP contribution in [0.5, 0.6) is 5.75 Å². The summed E-state index contributed by atoms with van der Waals surface area (Å²) in [7, 11) is 1.48. The summed E-state index contributed by atoms with van der Waals surface area (Å²) in [5.41, 5.74) is 0.395. The Labute approximate surface area is 160 Å². The highest BCUT2D eigenvalue weighted by atomic mass is 35.5. The number of ether oxygens (including phenoxy) is 2. The molecule has 1 saturated heterocycles. The van der Waals surface area contributed by atoms with Crippen molar-refractivity contribution >= 4 is 46.8 Å². The van der Waals surface area contributed by atoms with Crippen LogP contribution < -0.4 is 10.1 Å². The molecule has 9 heteroatoms. The molecule has 1 heterocycles. The Hall–Kier alpha value is -2.19. The van der Waals surface area contributed by atoms with Crippen molar-refractivity contribution in [1.82, 2.24) is 4.90 Å². The number of carbonyl (C=O) groups excluding carboxylic acids is 3. The van der Waals surface area contributed by atoms with Crippen LogP contribution in [0.3, 0.4) is 0 Å². The quantitative estimate of drug-likeness (QED) is 0.585. The average Bonchev–Trinajstić information content (AvgIpc) is 2.94. The Morgan fingerprint density at radius 1 is 1.46 bits per heavy atom. The minimum atomic E-state index is -0.832. The van der Waals surface area contributed by atoms with Crippen LogP contribution in [-0.2, 0) is 19.1 Å². The maximum atomic E-state index is 12.6. The highest BCUT2D eigenvalue weighted by Gasteiger charge is 2.35. The zero-order chi connectivity index (χ0) is 19.3. The van der Waals surface area contributed by atoms with Crippen LogP contribution in [0.1, 0.15) is 13.8 Å². The number of esters is 1. The third kappa shape index (κ3) is 4.70. The van der Waals surface area contributed by atoms with Gasteiger partial charge in [-0.25, -0.2) is 4.79 Å². The SMILES string of the molecule is CCOC(=O)/C=C1\SCC(=O)N1[C@@H](C)C(=O)Nc1cc(Cl)ccc1OC. The highest BCUT2D eigenvalue weighted by Crippen LogP contribution is 2.32. The number of nitrogens with one attached hydrogen (secondary N) is 1. The van der Waals surface area contributed by atoms with Crippen LogP contribution in [-0.4, -0.2) is 48.2 Å². The van der Waals surface area contributed by atoms with E-state index in [0.717, 1.165) is 0 Å². The number of thioether (sulfide) groups is 1. The van der Waals surface area contributed by atoms with Crippen molar-refractivity contribution in [3.8, 4) is 5.75 Å². The lowest BCUT2D eigenvalue weighted by Crippen LogP contribution is -2.42. The van der Waals surface area contributed by atoms with E-state index in [0.29, 0.717) is 21.5 Å². The normalized spacial score (nSPS) is 16.5. The van der Waals surface area contributed by atoms with Crippen LogP contribution in [0.4, 0.5) is 5.69 Å². The summed E-state index contributed by atoms with van der Waals surface area (Å²) in [6, 6.07) is 3.99. The van der Waals surface area contributed by atoms with Crippen LogP contribution in [0.2, 0.25) is 5.02 Å². The molecule has 1 aliphatic rings. The predicted molar refractivity (Wildman–Crippen MR) is 100 cm³/mol. The number of hydrogen-bond donors (Lipinski definition) is 1. The molecule has 0 aliphatic carbocycles. The van der Waals surface area contributed by atoms with Crippen LogP contribution >= 0.6 is 23.4 Å². The molecule has 1 aliphatic heterocycles. The van der Waals surface area contributed by atoms with E-state index < -0.39 is 17.9 Å². The molecule has 1 aromatic carbocycles. The van der Waals surface area contributed by atoms with Crippen LogP contribution in [0, 0.1) is 0 Å². The molecule has 2 rings (SSSR count). The first-order valence-corrected chi connectivity index (χ1v) is 9.21. The third-order valence-corrected chi connectivity index (χ3v) is 4.80. The van der Waals surface area contributed by atoms with Crippen molar-refractivity contribution in [2.24, 2.45) is 0 Å². The molecule has 1 aromatic rings. The van der Waals surface area contributed by atoms with Crippen molar-refractivity contribution in [2.45, 2.75) is 19.9 Å². The lowest BCUT2D eigenvalue weighted by molar-refractivity contribution is -0.137. The zero-order valence-corrected chi connectivity index (χ0v) is 16.1. The Balaban J connectivity index is 2.19. The molecule has 0 aromatic heterocycles. The van der Waals surface area contributed by atoms with Gasteiger partial charge in [0.15, 0.2) is 0 Å². The van der Waals surface area contributed by atoms with Gasteiger partial charge in [-0.3, -0.25) is 14.5 Å². The predicted octanol–water partition coefficient (Wildman–Crippen LogP) is 2.66. The van der Waals surface area contributed by atoms with Gasteiger partial charge in [0.25, 0.3) is 0 Å². The first-order valence-electron chi connectivity index (χ1n) is 7.85. The van der Waals surface area contributed by atoms with E-state index >= 15 is 0 Å². The van der Waals surface area contributed by atoms with E-state index in [-0.39, 0.29) is 18.3 Å². The molecule has 7 nitrogen and oxygen atoms in total. The van der Waals surface area contributed by atoms with Crippen molar-refractivity contribution in [3.05, 3.63) is 34.3 Å². The maximum Gasteiger partial charge on any atom is 0.333 e. The fourth-order valence-corrected chi connectivity index (χ4v) is 3.49. The van der Waals surface area contributed by atoms with Gasteiger partial charge in [0.05, 0.1) is 36.3 Å². The molecule has 0 radical (unpaired) electrons. The standard InChI is InChI=1S/C17H19ClN2O5S/c1-4-25-16(22)8-15-20(14(21)9-26-15)10(2)17(23)19-12-7-11(18)5-6-13(12)24-3/h5-8,10H,4,9H2,1-3H3,(H,19,23)/b15-8-/t10-/m0/s1. The fourth-order valence-electron chi connectivity index (χ4n) is 2.33. The largest absolute Gasteiger partial charge is 0.495 e. The minimum absolute atomic E-state index is 0.156. The van der Waals surface area contributed by atoms with Gasteiger partial charge in [-0.1, -0.05) is 23.4 Å². The Kier molecular flexibility index (Phi) is 6.93. The van der Waals surface area contributed by atoms with Gasteiger partial charge >= 0.3 is 5.97 Å². The molecule has 0 spiro atoms. The summed E-state index contributed by atoms with van der Waals surface area (Å²) in [5.74, 6) is -0.649. The summed E-state index contributed by atoms with van der Waals surface area (Å²) in [6.07, 6.45) is 1.23. The van der Waals surface area contributed by atoms with E-state index in [4.69, 9.17) is 21.1 Å². The van der Waals surface area contributed by atoms with Crippen molar-refractivity contribution < 1.29 is 23.9 Å². The summed E-state index contributed by atoms with van der Waals surface area (Å²) >= 11 is 7.15. The Morgan fingerprint density at radius 2 is 2.19 bits per heavy atom. The molecule has 2 amide bonds. The summed E-state index contributed by atoms with van der Waals surface area (Å²) < 4.78 is 10.1. The van der Waals surface area contributed by atoms with E-state index in [1.165, 1.54) is 29.8 Å². The first kappa shape index (κ1) is 20.1. The number of nitrogens with zero attached hydrogens (tertiary/aromatic N) is 1. The van der Waals surface area contributed by atoms with E-state index in [1.54, 1.807) is 32.0 Å². The Morgan fingerprint density at radius 3 is 2.85 bits per heavy atom. The van der Waals surface area contributed by atoms with Crippen LogP contribution in [0.15, 0.2) is 29.3 Å². The highest BCUT2D eigenvalue weighted by molar-refractivity contribution is 8.04. The smallest absolute Gasteiger partial charge is 0.333 e. The summed E-state index contributed by atoms with van der Waals surface area (Å²) in [6.45, 7) is 3.50. The second-order valence-electron chi connectivity index (χ2n) is 5.30. The van der Waals surface area contributed by atoms with Crippen molar-refractivity contribution in [2.75, 3.05) is 24.8 Å². The van der Waals surface area contributed by atoms with Gasteiger partial charge in [-0.05, 0) is 32.0 Å². The monoisotopic (exact) mass is 398 g/mol. The molecule has 140 valence electrons. The number of rotatable bonds is 6. The number of hydrogen-bond acceptors (Lipinski definition) is 6. The Bertz CT molecular complexity index is 753. The molecule has 1 atom stereocenters. The average molecular weight is 399 g/mol. The van der Waals surface area contributed by atoms with Crippen molar-refractivity contribution in [3.63, 3.8) is 0 Å². The molecule has 1 fully saturated rings. The second-order valence-corrected chi connectivity index (χ2v) is 6.73. The molecule has 0 bridgehead atoms. The number of halogens is 1. The number of methoxy groups -OCH3 is 1. The van der Waals surface area contributed by atoms with Gasteiger partial charge in [-0.2, -0.15) is 0 Å². The van der Waals surface area contributed by atoms with Gasteiger partial charge in [-0.15, -0.1) is 0 Å². The number of benzene rings is 1. The van der Waals surface area contributed by atoms with Gasteiger partial charge < -0.3 is 14.8 Å². The van der Waals surface area contributed by atoms with Gasteiger partial charge in [0.2, 0.25) is 11.8 Å². The fraction of sp³-hybridized carbons (Fsp3) is 0.353.